The number of rotatable bonds is 7. The highest BCUT2D eigenvalue weighted by molar-refractivity contribution is 7.89. The summed E-state index contributed by atoms with van der Waals surface area (Å²) in [6, 6.07) is 16.9. The summed E-state index contributed by atoms with van der Waals surface area (Å²) in [6.07, 6.45) is 3.52. The smallest absolute Gasteiger partial charge is 0.211 e. The van der Waals surface area contributed by atoms with Crippen LogP contribution in [0.2, 0.25) is 0 Å². The maximum atomic E-state index is 11.9. The van der Waals surface area contributed by atoms with E-state index in [2.05, 4.69) is 41.1 Å². The third-order valence-electron chi connectivity index (χ3n) is 5.14. The van der Waals surface area contributed by atoms with Gasteiger partial charge >= 0.3 is 0 Å². The molecule has 26 heavy (non-hydrogen) atoms. The quantitative estimate of drug-likeness (QED) is 0.784. The van der Waals surface area contributed by atoms with Crippen LogP contribution in [0.4, 0.5) is 0 Å². The summed E-state index contributed by atoms with van der Waals surface area (Å²) in [5, 5.41) is 0. The average Bonchev–Trinajstić information content (AvgIpc) is 2.63. The van der Waals surface area contributed by atoms with Gasteiger partial charge in [-0.25, -0.2) is 13.1 Å². The minimum absolute atomic E-state index is 0.134. The Morgan fingerprint density at radius 3 is 2.62 bits per heavy atom. The first kappa shape index (κ1) is 19.1. The summed E-state index contributed by atoms with van der Waals surface area (Å²) in [4.78, 5) is 0. The zero-order valence-corrected chi connectivity index (χ0v) is 16.1. The van der Waals surface area contributed by atoms with Gasteiger partial charge in [0.25, 0.3) is 0 Å². The second kappa shape index (κ2) is 8.33. The molecule has 5 heteroatoms. The zero-order chi connectivity index (χ0) is 18.6. The molecule has 3 rings (SSSR count). The van der Waals surface area contributed by atoms with Crippen LogP contribution in [0.1, 0.15) is 47.9 Å². The van der Waals surface area contributed by atoms with Crippen molar-refractivity contribution >= 4 is 10.0 Å². The summed E-state index contributed by atoms with van der Waals surface area (Å²) in [7, 11) is -3.20. The number of hydrogen-bond donors (Lipinski definition) is 2. The van der Waals surface area contributed by atoms with Crippen molar-refractivity contribution in [1.82, 2.24) is 4.72 Å². The summed E-state index contributed by atoms with van der Waals surface area (Å²) in [5.74, 6) is 0.438. The van der Waals surface area contributed by atoms with Gasteiger partial charge in [0.1, 0.15) is 0 Å². The SMILES string of the molecule is CCCS(=O)(=O)NCc1ccc2c(c1)[C@@H](Cc1ccccc1)C(N)CC2. The van der Waals surface area contributed by atoms with Crippen molar-refractivity contribution in [3.8, 4) is 0 Å². The molecule has 1 aliphatic rings. The van der Waals surface area contributed by atoms with E-state index in [1.165, 1.54) is 16.7 Å². The molecular weight excluding hydrogens is 344 g/mol. The topological polar surface area (TPSA) is 72.2 Å². The van der Waals surface area contributed by atoms with Gasteiger partial charge < -0.3 is 5.73 Å². The minimum atomic E-state index is -3.20. The average molecular weight is 373 g/mol. The number of hydrogen-bond acceptors (Lipinski definition) is 3. The Balaban J connectivity index is 1.81. The Kier molecular flexibility index (Phi) is 6.12. The van der Waals surface area contributed by atoms with Gasteiger partial charge in [0, 0.05) is 18.5 Å². The molecule has 0 radical (unpaired) electrons. The highest BCUT2D eigenvalue weighted by Crippen LogP contribution is 2.34. The third kappa shape index (κ3) is 4.72. The zero-order valence-electron chi connectivity index (χ0n) is 15.3. The van der Waals surface area contributed by atoms with Gasteiger partial charge in [0.2, 0.25) is 10.0 Å². The van der Waals surface area contributed by atoms with E-state index < -0.39 is 10.0 Å². The molecule has 0 aliphatic heterocycles. The molecular formula is C21H28N2O2S. The fourth-order valence-corrected chi connectivity index (χ4v) is 4.81. The number of nitrogens with one attached hydrogen (secondary N) is 1. The Hall–Kier alpha value is -1.69. The van der Waals surface area contributed by atoms with Gasteiger partial charge in [-0.2, -0.15) is 0 Å². The molecule has 0 amide bonds. The molecule has 4 nitrogen and oxygen atoms in total. The van der Waals surface area contributed by atoms with Crippen molar-refractivity contribution in [3.05, 3.63) is 70.8 Å². The lowest BCUT2D eigenvalue weighted by Crippen LogP contribution is -2.34. The van der Waals surface area contributed by atoms with Crippen LogP contribution in [0.25, 0.3) is 0 Å². The second-order valence-electron chi connectivity index (χ2n) is 7.17. The molecule has 0 heterocycles. The maximum Gasteiger partial charge on any atom is 0.211 e. The number of nitrogens with two attached hydrogens (primary N) is 1. The molecule has 0 fully saturated rings. The monoisotopic (exact) mass is 372 g/mol. The van der Waals surface area contributed by atoms with E-state index >= 15 is 0 Å². The van der Waals surface area contributed by atoms with Crippen molar-refractivity contribution < 1.29 is 8.42 Å². The molecule has 2 aromatic rings. The Morgan fingerprint density at radius 1 is 1.12 bits per heavy atom. The summed E-state index contributed by atoms with van der Waals surface area (Å²) in [5.41, 5.74) is 11.4. The van der Waals surface area contributed by atoms with Crippen LogP contribution < -0.4 is 10.5 Å². The van der Waals surface area contributed by atoms with Crippen LogP contribution in [-0.2, 0) is 29.4 Å². The Bertz CT molecular complexity index is 834. The van der Waals surface area contributed by atoms with Crippen molar-refractivity contribution in [2.45, 2.75) is 51.1 Å². The Morgan fingerprint density at radius 2 is 1.88 bits per heavy atom. The molecule has 0 saturated carbocycles. The van der Waals surface area contributed by atoms with Crippen molar-refractivity contribution in [2.75, 3.05) is 5.75 Å². The predicted molar refractivity (Wildman–Crippen MR) is 107 cm³/mol. The number of fused-ring (bicyclic) bond motifs is 1. The standard InChI is InChI=1S/C21H28N2O2S/c1-2-12-26(24,25)23-15-17-8-9-18-10-11-21(22)20(19(18)14-17)13-16-6-4-3-5-7-16/h3-9,14,20-21,23H,2,10-13,15,22H2,1H3/t20-,21?/m1/s1. The number of sulfonamides is 1. The number of aryl methyl sites for hydroxylation is 1. The summed E-state index contributed by atoms with van der Waals surface area (Å²) >= 11 is 0. The van der Waals surface area contributed by atoms with Crippen molar-refractivity contribution in [1.29, 1.82) is 0 Å². The van der Waals surface area contributed by atoms with Crippen LogP contribution >= 0.6 is 0 Å². The highest BCUT2D eigenvalue weighted by Gasteiger charge is 2.27. The fraction of sp³-hybridized carbons (Fsp3) is 0.429. The molecule has 140 valence electrons. The number of benzene rings is 2. The van der Waals surface area contributed by atoms with E-state index in [0.717, 1.165) is 24.8 Å². The molecule has 3 N–H and O–H groups in total. The largest absolute Gasteiger partial charge is 0.327 e. The summed E-state index contributed by atoms with van der Waals surface area (Å²) < 4.78 is 26.5. The van der Waals surface area contributed by atoms with Crippen molar-refractivity contribution in [2.24, 2.45) is 5.73 Å². The van der Waals surface area contributed by atoms with Crippen LogP contribution in [-0.4, -0.2) is 20.2 Å². The molecule has 0 aromatic heterocycles. The van der Waals surface area contributed by atoms with E-state index in [4.69, 9.17) is 5.73 Å². The van der Waals surface area contributed by atoms with E-state index in [1.54, 1.807) is 0 Å². The molecule has 1 unspecified atom stereocenters. The third-order valence-corrected chi connectivity index (χ3v) is 6.67. The van der Waals surface area contributed by atoms with Gasteiger partial charge in [-0.15, -0.1) is 0 Å². The first-order chi connectivity index (χ1) is 12.5. The Labute approximate surface area is 156 Å². The second-order valence-corrected chi connectivity index (χ2v) is 9.10. The lowest BCUT2D eigenvalue weighted by molar-refractivity contribution is 0.467. The normalized spacial score (nSPS) is 19.9. The first-order valence-corrected chi connectivity index (χ1v) is 11.0. The molecule has 0 spiro atoms. The molecule has 0 bridgehead atoms. The molecule has 2 aromatic carbocycles. The predicted octanol–water partition coefficient (Wildman–Crippen LogP) is 3.12. The van der Waals surface area contributed by atoms with Gasteiger partial charge in [0.05, 0.1) is 5.75 Å². The lowest BCUT2D eigenvalue weighted by atomic mass is 9.76. The van der Waals surface area contributed by atoms with Crippen LogP contribution in [0.5, 0.6) is 0 Å². The van der Waals surface area contributed by atoms with E-state index in [0.29, 0.717) is 13.0 Å². The molecule has 1 aliphatic carbocycles. The van der Waals surface area contributed by atoms with E-state index in [9.17, 15) is 8.42 Å². The van der Waals surface area contributed by atoms with Gasteiger partial charge in [-0.1, -0.05) is 55.5 Å². The van der Waals surface area contributed by atoms with Crippen molar-refractivity contribution in [3.63, 3.8) is 0 Å². The molecule has 0 saturated heterocycles. The fourth-order valence-electron chi connectivity index (χ4n) is 3.74. The van der Waals surface area contributed by atoms with Crippen LogP contribution in [0.3, 0.4) is 0 Å². The lowest BCUT2D eigenvalue weighted by Gasteiger charge is -2.32. The van der Waals surface area contributed by atoms with E-state index in [1.807, 2.05) is 19.1 Å². The molecule has 2 atom stereocenters. The maximum absolute atomic E-state index is 11.9. The van der Waals surface area contributed by atoms with Gasteiger partial charge in [0.15, 0.2) is 0 Å². The first-order valence-electron chi connectivity index (χ1n) is 9.37. The van der Waals surface area contributed by atoms with Gasteiger partial charge in [-0.3, -0.25) is 0 Å². The van der Waals surface area contributed by atoms with Crippen LogP contribution in [0, 0.1) is 0 Å². The van der Waals surface area contributed by atoms with E-state index in [-0.39, 0.29) is 17.7 Å². The highest BCUT2D eigenvalue weighted by atomic mass is 32.2. The van der Waals surface area contributed by atoms with Crippen LogP contribution in [0.15, 0.2) is 48.5 Å². The minimum Gasteiger partial charge on any atom is -0.327 e. The summed E-state index contributed by atoms with van der Waals surface area (Å²) in [6.45, 7) is 2.20. The van der Waals surface area contributed by atoms with Gasteiger partial charge in [-0.05, 0) is 47.9 Å².